The van der Waals surface area contributed by atoms with Crippen LogP contribution in [0.5, 0.6) is 5.75 Å². The second-order valence-corrected chi connectivity index (χ2v) is 10.8. The fourth-order valence-electron chi connectivity index (χ4n) is 4.72. The van der Waals surface area contributed by atoms with Crippen LogP contribution in [0.25, 0.3) is 0 Å². The second-order valence-electron chi connectivity index (χ2n) is 9.38. The Kier molecular flexibility index (Phi) is 7.45. The molecule has 8 nitrogen and oxygen atoms in total. The molecular formula is C29H23ClN2O6S. The third-order valence-corrected chi connectivity index (χ3v) is 7.87. The maximum Gasteiger partial charge on any atom is 0.353 e. The van der Waals surface area contributed by atoms with Crippen LogP contribution in [0.2, 0.25) is 5.02 Å². The highest BCUT2D eigenvalue weighted by atomic mass is 35.5. The Bertz CT molecular complexity index is 1480. The van der Waals surface area contributed by atoms with E-state index < -0.39 is 47.9 Å². The number of hydrazine groups is 1. The van der Waals surface area contributed by atoms with Crippen molar-refractivity contribution in [2.24, 2.45) is 11.8 Å². The van der Waals surface area contributed by atoms with Gasteiger partial charge in [0.2, 0.25) is 0 Å². The predicted octanol–water partition coefficient (Wildman–Crippen LogP) is 5.20. The predicted molar refractivity (Wildman–Crippen MR) is 144 cm³/mol. The highest BCUT2D eigenvalue weighted by molar-refractivity contribution is 7.12. The minimum atomic E-state index is -0.674. The lowest BCUT2D eigenvalue weighted by Gasteiger charge is -2.30. The molecule has 3 aromatic rings. The number of benzene rings is 2. The first-order chi connectivity index (χ1) is 18.7. The SMILES string of the molecule is CC1=CC[C@@H]2C(=O)N(N(CC(=O)c3ccc(OC(=O)c4cccs4)cc3)C(=O)c3ccc(Cl)cc3)C(=O)[C@@H]2C1. The largest absolute Gasteiger partial charge is 0.422 e. The summed E-state index contributed by atoms with van der Waals surface area (Å²) in [6.07, 6.45) is 2.76. The fourth-order valence-corrected chi connectivity index (χ4v) is 5.45. The topological polar surface area (TPSA) is 101 Å². The summed E-state index contributed by atoms with van der Waals surface area (Å²) < 4.78 is 5.33. The van der Waals surface area contributed by atoms with Gasteiger partial charge in [0.15, 0.2) is 5.78 Å². The summed E-state index contributed by atoms with van der Waals surface area (Å²) in [5.41, 5.74) is 1.40. The number of Topliss-reactive ketones (excluding diaryl/α,β-unsaturated/α-hetero) is 1. The summed E-state index contributed by atoms with van der Waals surface area (Å²) in [4.78, 5) is 66.3. The Morgan fingerprint density at radius 1 is 0.974 bits per heavy atom. The van der Waals surface area contributed by atoms with Crippen LogP contribution < -0.4 is 4.74 Å². The van der Waals surface area contributed by atoms with Gasteiger partial charge in [-0.3, -0.25) is 19.2 Å². The van der Waals surface area contributed by atoms with Gasteiger partial charge < -0.3 is 4.74 Å². The monoisotopic (exact) mass is 562 g/mol. The molecule has 1 aliphatic heterocycles. The maximum absolute atomic E-state index is 13.6. The highest BCUT2D eigenvalue weighted by Gasteiger charge is 2.51. The molecule has 2 aliphatic rings. The number of imide groups is 1. The number of ether oxygens (including phenoxy) is 1. The van der Waals surface area contributed by atoms with Gasteiger partial charge >= 0.3 is 5.97 Å². The van der Waals surface area contributed by atoms with Gasteiger partial charge in [0, 0.05) is 16.1 Å². The number of esters is 1. The number of carbonyl (C=O) groups excluding carboxylic acids is 5. The van der Waals surface area contributed by atoms with E-state index in [9.17, 15) is 24.0 Å². The number of halogens is 1. The van der Waals surface area contributed by atoms with Crippen molar-refractivity contribution < 1.29 is 28.7 Å². The quantitative estimate of drug-likeness (QED) is 0.129. The van der Waals surface area contributed by atoms with Gasteiger partial charge in [-0.15, -0.1) is 11.3 Å². The van der Waals surface area contributed by atoms with Gasteiger partial charge in [0.1, 0.15) is 17.2 Å². The summed E-state index contributed by atoms with van der Waals surface area (Å²) in [6.45, 7) is 1.36. The Morgan fingerprint density at radius 3 is 2.31 bits per heavy atom. The standard InChI is InChI=1S/C29H23ClN2O6S/c1-17-4-13-22-23(15-17)28(36)32(27(22)35)31(26(34)19-5-9-20(30)10-6-19)16-24(33)18-7-11-21(12-8-18)38-29(37)25-3-2-14-39-25/h2-12,14,22-23H,13,15-16H2,1H3/t22-,23+/m0/s1. The number of hydrogen-bond acceptors (Lipinski definition) is 7. The Balaban J connectivity index is 1.39. The molecule has 39 heavy (non-hydrogen) atoms. The molecule has 198 valence electrons. The molecule has 1 aliphatic carbocycles. The van der Waals surface area contributed by atoms with Gasteiger partial charge in [0.25, 0.3) is 17.7 Å². The summed E-state index contributed by atoms with van der Waals surface area (Å²) >= 11 is 7.22. The summed E-state index contributed by atoms with van der Waals surface area (Å²) in [5, 5.41) is 3.94. The molecule has 0 radical (unpaired) electrons. The zero-order valence-corrected chi connectivity index (χ0v) is 22.4. The van der Waals surface area contributed by atoms with Crippen LogP contribution in [-0.4, -0.2) is 46.0 Å². The molecular weight excluding hydrogens is 540 g/mol. The lowest BCUT2D eigenvalue weighted by Crippen LogP contribution is -2.52. The maximum atomic E-state index is 13.6. The van der Waals surface area contributed by atoms with E-state index >= 15 is 0 Å². The molecule has 0 unspecified atom stereocenters. The number of thiophene rings is 1. The molecule has 1 fully saturated rings. The van der Waals surface area contributed by atoms with Crippen molar-refractivity contribution in [3.8, 4) is 5.75 Å². The Hall–Kier alpha value is -4.08. The fraction of sp³-hybridized carbons (Fsp3) is 0.207. The summed E-state index contributed by atoms with van der Waals surface area (Å²) in [5.74, 6) is -3.59. The molecule has 1 aromatic heterocycles. The number of nitrogens with zero attached hydrogens (tertiary/aromatic N) is 2. The number of amides is 3. The van der Waals surface area contributed by atoms with Crippen molar-refractivity contribution in [2.45, 2.75) is 19.8 Å². The number of ketones is 1. The van der Waals surface area contributed by atoms with Crippen molar-refractivity contribution in [3.63, 3.8) is 0 Å². The van der Waals surface area contributed by atoms with Crippen LogP contribution in [0.15, 0.2) is 77.7 Å². The highest BCUT2D eigenvalue weighted by Crippen LogP contribution is 2.38. The number of allylic oxidation sites excluding steroid dienone is 2. The lowest BCUT2D eigenvalue weighted by molar-refractivity contribution is -0.154. The molecule has 2 aromatic carbocycles. The zero-order valence-electron chi connectivity index (χ0n) is 20.8. The number of hydrogen-bond donors (Lipinski definition) is 0. The molecule has 2 heterocycles. The van der Waals surface area contributed by atoms with Crippen LogP contribution in [0.1, 0.15) is 50.2 Å². The van der Waals surface area contributed by atoms with E-state index in [0.29, 0.717) is 22.7 Å². The van der Waals surface area contributed by atoms with Crippen molar-refractivity contribution in [1.29, 1.82) is 0 Å². The molecule has 0 saturated carbocycles. The molecule has 3 amide bonds. The first-order valence-electron chi connectivity index (χ1n) is 12.2. The van der Waals surface area contributed by atoms with Crippen LogP contribution in [0.4, 0.5) is 0 Å². The van der Waals surface area contributed by atoms with E-state index in [-0.39, 0.29) is 16.9 Å². The van der Waals surface area contributed by atoms with E-state index in [4.69, 9.17) is 16.3 Å². The average molecular weight is 563 g/mol. The van der Waals surface area contributed by atoms with E-state index in [1.807, 2.05) is 13.0 Å². The van der Waals surface area contributed by atoms with Crippen molar-refractivity contribution >= 4 is 52.4 Å². The molecule has 1 saturated heterocycles. The number of fused-ring (bicyclic) bond motifs is 1. The van der Waals surface area contributed by atoms with Crippen LogP contribution in [-0.2, 0) is 9.59 Å². The van der Waals surface area contributed by atoms with Gasteiger partial charge in [-0.05, 0) is 79.7 Å². The van der Waals surface area contributed by atoms with E-state index in [2.05, 4.69) is 0 Å². The normalized spacial score (nSPS) is 18.4. The van der Waals surface area contributed by atoms with Crippen LogP contribution in [0, 0.1) is 11.8 Å². The summed E-state index contributed by atoms with van der Waals surface area (Å²) in [7, 11) is 0. The first-order valence-corrected chi connectivity index (χ1v) is 13.5. The van der Waals surface area contributed by atoms with E-state index in [1.165, 1.54) is 59.9 Å². The van der Waals surface area contributed by atoms with Crippen LogP contribution in [0.3, 0.4) is 0 Å². The van der Waals surface area contributed by atoms with Crippen molar-refractivity contribution in [1.82, 2.24) is 10.0 Å². The van der Waals surface area contributed by atoms with E-state index in [1.54, 1.807) is 17.5 Å². The molecule has 0 bridgehead atoms. The van der Waals surface area contributed by atoms with Crippen molar-refractivity contribution in [2.75, 3.05) is 6.54 Å². The third-order valence-electron chi connectivity index (χ3n) is 6.77. The van der Waals surface area contributed by atoms with Gasteiger partial charge in [-0.25, -0.2) is 9.80 Å². The second kappa shape index (κ2) is 11.0. The smallest absolute Gasteiger partial charge is 0.353 e. The van der Waals surface area contributed by atoms with Crippen molar-refractivity contribution in [3.05, 3.63) is 98.7 Å². The summed E-state index contributed by atoms with van der Waals surface area (Å²) in [6, 6.07) is 15.2. The zero-order chi connectivity index (χ0) is 27.7. The van der Waals surface area contributed by atoms with Gasteiger partial charge in [-0.1, -0.05) is 29.3 Å². The minimum absolute atomic E-state index is 0.174. The first kappa shape index (κ1) is 26.5. The van der Waals surface area contributed by atoms with Gasteiger partial charge in [0.05, 0.1) is 11.8 Å². The lowest BCUT2D eigenvalue weighted by atomic mass is 9.82. The molecule has 0 N–H and O–H groups in total. The van der Waals surface area contributed by atoms with Crippen LogP contribution >= 0.6 is 22.9 Å². The third kappa shape index (κ3) is 5.41. The molecule has 5 rings (SSSR count). The molecule has 0 spiro atoms. The average Bonchev–Trinajstić information content (AvgIpc) is 3.55. The molecule has 2 atom stereocenters. The Labute approximate surface area is 233 Å². The Morgan fingerprint density at radius 2 is 1.64 bits per heavy atom. The minimum Gasteiger partial charge on any atom is -0.422 e. The number of rotatable bonds is 7. The van der Waals surface area contributed by atoms with E-state index in [0.717, 1.165) is 15.6 Å². The number of carbonyl (C=O) groups is 5. The van der Waals surface area contributed by atoms with Gasteiger partial charge in [-0.2, -0.15) is 5.01 Å². The molecule has 10 heteroatoms.